The summed E-state index contributed by atoms with van der Waals surface area (Å²) in [6.45, 7) is 4.66. The van der Waals surface area contributed by atoms with Crippen molar-refractivity contribution in [2.45, 2.75) is 373 Å². The molecule has 0 aromatic heterocycles. The quantitative estimate of drug-likeness (QED) is 0.0195. The van der Waals surface area contributed by atoms with Crippen molar-refractivity contribution in [2.75, 3.05) is 47.5 Å². The van der Waals surface area contributed by atoms with Crippen molar-refractivity contribution in [1.82, 2.24) is 0 Å². The highest BCUT2D eigenvalue weighted by molar-refractivity contribution is 5.70. The van der Waals surface area contributed by atoms with Crippen LogP contribution in [0.15, 0.2) is 122 Å². The summed E-state index contributed by atoms with van der Waals surface area (Å²) in [6, 6.07) is 0. The number of carboxylic acids is 1. The van der Waals surface area contributed by atoms with Crippen molar-refractivity contribution in [1.29, 1.82) is 0 Å². The molecule has 0 N–H and O–H groups in total. The summed E-state index contributed by atoms with van der Waals surface area (Å²) in [5.74, 6) is -2.27. The molecule has 0 radical (unpaired) electrons. The Morgan fingerprint density at radius 3 is 0.876 bits per heavy atom. The molecule has 558 valence electrons. The van der Waals surface area contributed by atoms with E-state index in [-0.39, 0.29) is 32.2 Å². The van der Waals surface area contributed by atoms with Crippen LogP contribution in [0.1, 0.15) is 361 Å². The van der Waals surface area contributed by atoms with Crippen molar-refractivity contribution in [3.8, 4) is 0 Å². The van der Waals surface area contributed by atoms with Gasteiger partial charge in [-0.1, -0.05) is 360 Å². The molecular weight excluding hydrogens is 1200 g/mol. The first kappa shape index (κ1) is 92.7. The van der Waals surface area contributed by atoms with Gasteiger partial charge < -0.3 is 33.3 Å². The molecule has 0 aromatic carbocycles. The van der Waals surface area contributed by atoms with Crippen LogP contribution in [0.4, 0.5) is 0 Å². The number of ether oxygens (including phenoxy) is 4. The van der Waals surface area contributed by atoms with Crippen molar-refractivity contribution < 1.29 is 42.9 Å². The number of unbranched alkanes of at least 4 members (excludes halogenated alkanes) is 40. The molecule has 97 heavy (non-hydrogen) atoms. The monoisotopic (exact) mass is 1350 g/mol. The normalized spacial score (nSPS) is 13.3. The van der Waals surface area contributed by atoms with Crippen LogP contribution in [0.25, 0.3) is 0 Å². The number of carboxylic acid groups (broad SMARTS) is 1. The fourth-order valence-electron chi connectivity index (χ4n) is 11.5. The van der Waals surface area contributed by atoms with Crippen LogP contribution in [0.3, 0.4) is 0 Å². The number of likely N-dealkylation sites (N-methyl/N-ethyl adjacent to an activating group) is 1. The lowest BCUT2D eigenvalue weighted by molar-refractivity contribution is -0.870. The smallest absolute Gasteiger partial charge is 0.306 e. The van der Waals surface area contributed by atoms with Crippen LogP contribution in [0, 0.1) is 0 Å². The van der Waals surface area contributed by atoms with Gasteiger partial charge in [0.05, 0.1) is 40.3 Å². The van der Waals surface area contributed by atoms with Gasteiger partial charge in [0.1, 0.15) is 13.2 Å². The number of aliphatic carboxylic acids is 1. The van der Waals surface area contributed by atoms with E-state index in [9.17, 15) is 19.5 Å². The van der Waals surface area contributed by atoms with Crippen LogP contribution in [-0.2, 0) is 33.3 Å². The molecule has 9 heteroatoms. The molecule has 0 rings (SSSR count). The zero-order valence-corrected chi connectivity index (χ0v) is 63.9. The van der Waals surface area contributed by atoms with Gasteiger partial charge >= 0.3 is 11.9 Å². The van der Waals surface area contributed by atoms with Crippen molar-refractivity contribution >= 4 is 17.9 Å². The lowest BCUT2D eigenvalue weighted by Crippen LogP contribution is -2.44. The van der Waals surface area contributed by atoms with E-state index in [4.69, 9.17) is 18.9 Å². The molecule has 9 nitrogen and oxygen atoms in total. The number of esters is 2. The third-order valence-corrected chi connectivity index (χ3v) is 17.7. The van der Waals surface area contributed by atoms with E-state index in [2.05, 4.69) is 135 Å². The Balaban J connectivity index is 4.04. The first-order valence-corrected chi connectivity index (χ1v) is 40.7. The molecule has 0 spiro atoms. The zero-order valence-electron chi connectivity index (χ0n) is 63.9. The van der Waals surface area contributed by atoms with Crippen molar-refractivity contribution in [3.05, 3.63) is 122 Å². The largest absolute Gasteiger partial charge is 0.545 e. The first-order chi connectivity index (χ1) is 47.6. The van der Waals surface area contributed by atoms with E-state index in [0.717, 1.165) is 96.3 Å². The molecule has 0 bridgehead atoms. The predicted molar refractivity (Wildman–Crippen MR) is 417 cm³/mol. The summed E-state index contributed by atoms with van der Waals surface area (Å²) < 4.78 is 22.9. The molecule has 2 unspecified atom stereocenters. The second kappa shape index (κ2) is 77.4. The predicted octanol–water partition coefficient (Wildman–Crippen LogP) is 24.9. The van der Waals surface area contributed by atoms with Gasteiger partial charge in [-0.15, -0.1) is 0 Å². The first-order valence-electron chi connectivity index (χ1n) is 40.7. The molecule has 0 aliphatic heterocycles. The fraction of sp³-hybridized carbons (Fsp3) is 0.739. The Morgan fingerprint density at radius 2 is 0.588 bits per heavy atom. The number of carbonyl (C=O) groups is 3. The molecule has 0 fully saturated rings. The molecule has 0 aliphatic rings. The van der Waals surface area contributed by atoms with E-state index in [0.29, 0.717) is 23.9 Å². The van der Waals surface area contributed by atoms with Gasteiger partial charge in [-0.3, -0.25) is 9.59 Å². The molecule has 0 saturated carbocycles. The molecule has 2 atom stereocenters. The Morgan fingerprint density at radius 1 is 0.320 bits per heavy atom. The maximum absolute atomic E-state index is 13.0. The topological polar surface area (TPSA) is 111 Å². The standard InChI is InChI=1S/C88H153NO8/c1-6-8-10-12-14-16-18-20-22-24-26-28-30-32-34-36-38-40-42-43-45-47-49-51-53-55-57-59-61-63-65-67-69-71-73-75-77-79-86(91)97-84(83-96-88(87(92)93)94-81-80-89(3,4)5)82-95-85(90)78-76-74-72-70-68-66-64-62-60-58-56-54-52-50-48-46-44-41-39-37-35-33-31-29-27-25-23-21-19-17-15-13-11-9-7-2/h8,10,14,16,19-22,25-28,32,34,38,40,43,45,49,51,84,88H,6-7,9,11-13,15,17-18,23-24,29-31,33,35-37,39,41-42,44,46-48,50,52-83H2,1-5H3/b10-8-,16-14-,21-19-,22-20-,27-25-,28-26-,34-32-,40-38-,45-43-,51-49-. The second-order valence-corrected chi connectivity index (χ2v) is 28.3. The number of allylic oxidation sites excluding steroid dienone is 20. The van der Waals surface area contributed by atoms with Gasteiger partial charge in [-0.2, -0.15) is 0 Å². The van der Waals surface area contributed by atoms with Crippen molar-refractivity contribution in [3.63, 3.8) is 0 Å². The summed E-state index contributed by atoms with van der Waals surface area (Å²) in [5, 5.41) is 11.9. The Hall–Kier alpha value is -4.31. The molecule has 0 aliphatic carbocycles. The van der Waals surface area contributed by atoms with Crippen molar-refractivity contribution in [2.24, 2.45) is 0 Å². The van der Waals surface area contributed by atoms with E-state index in [1.165, 1.54) is 231 Å². The van der Waals surface area contributed by atoms with Crippen LogP contribution in [0.5, 0.6) is 0 Å². The van der Waals surface area contributed by atoms with Gasteiger partial charge in [0.2, 0.25) is 0 Å². The SMILES string of the molecule is CC/C=C\C/C=C\C/C=C\C/C=C\C/C=C\C/C=C\C/C=C\C/C=C\CCCCCCCCCCCCCCC(=O)OC(COC(=O)CCCCCCCCCCCCCCCCCCCCCCCCC/C=C\C/C=C\CCCCCCC)COC(OCC[N+](C)(C)C)C(=O)[O-]. The van der Waals surface area contributed by atoms with E-state index < -0.39 is 24.3 Å². The van der Waals surface area contributed by atoms with Crippen LogP contribution >= 0.6 is 0 Å². The van der Waals surface area contributed by atoms with Gasteiger partial charge in [0, 0.05) is 12.8 Å². The highest BCUT2D eigenvalue weighted by Gasteiger charge is 2.22. The average molecular weight is 1350 g/mol. The highest BCUT2D eigenvalue weighted by Crippen LogP contribution is 2.19. The van der Waals surface area contributed by atoms with E-state index >= 15 is 0 Å². The maximum Gasteiger partial charge on any atom is 0.306 e. The minimum absolute atomic E-state index is 0.145. The van der Waals surface area contributed by atoms with Crippen LogP contribution < -0.4 is 5.11 Å². The molecular formula is C88H153NO8. The van der Waals surface area contributed by atoms with Gasteiger partial charge in [0.15, 0.2) is 12.4 Å². The fourth-order valence-corrected chi connectivity index (χ4v) is 11.5. The lowest BCUT2D eigenvalue weighted by atomic mass is 10.0. The zero-order chi connectivity index (χ0) is 70.4. The summed E-state index contributed by atoms with van der Waals surface area (Å²) in [6.07, 6.45) is 107. The Kier molecular flexibility index (Phi) is 74.0. The summed E-state index contributed by atoms with van der Waals surface area (Å²) in [7, 11) is 5.94. The number of hydrogen-bond donors (Lipinski definition) is 0. The molecule has 0 aromatic rings. The summed E-state index contributed by atoms with van der Waals surface area (Å²) in [5.41, 5.74) is 0. The Labute approximate surface area is 599 Å². The summed E-state index contributed by atoms with van der Waals surface area (Å²) in [4.78, 5) is 37.6. The molecule has 0 heterocycles. The number of carbonyl (C=O) groups excluding carboxylic acids is 3. The summed E-state index contributed by atoms with van der Waals surface area (Å²) >= 11 is 0. The van der Waals surface area contributed by atoms with E-state index in [1.54, 1.807) is 0 Å². The lowest BCUT2D eigenvalue weighted by Gasteiger charge is -2.26. The minimum atomic E-state index is -1.63. The van der Waals surface area contributed by atoms with Gasteiger partial charge in [0.25, 0.3) is 0 Å². The average Bonchev–Trinajstić information content (AvgIpc) is 3.11. The third kappa shape index (κ3) is 78.9. The number of nitrogens with zero attached hydrogens (tertiary/aromatic N) is 1. The van der Waals surface area contributed by atoms with Crippen LogP contribution in [-0.4, -0.2) is 82.3 Å². The minimum Gasteiger partial charge on any atom is -0.545 e. The Bertz CT molecular complexity index is 2020. The van der Waals surface area contributed by atoms with Gasteiger partial charge in [-0.05, 0) is 109 Å². The molecule has 0 saturated heterocycles. The van der Waals surface area contributed by atoms with Gasteiger partial charge in [-0.25, -0.2) is 0 Å². The maximum atomic E-state index is 13.0. The van der Waals surface area contributed by atoms with E-state index in [1.807, 2.05) is 21.1 Å². The second-order valence-electron chi connectivity index (χ2n) is 28.3. The number of hydrogen-bond acceptors (Lipinski definition) is 8. The number of quaternary nitrogens is 1. The number of rotatable bonds is 75. The molecule has 0 amide bonds. The third-order valence-electron chi connectivity index (χ3n) is 17.7. The highest BCUT2D eigenvalue weighted by atomic mass is 16.7. The van der Waals surface area contributed by atoms with Crippen LogP contribution in [0.2, 0.25) is 0 Å².